The molecule has 4 rings (SSSR count). The summed E-state index contributed by atoms with van der Waals surface area (Å²) in [5, 5.41) is 9.01. The van der Waals surface area contributed by atoms with E-state index in [1.165, 1.54) is 26.2 Å². The van der Waals surface area contributed by atoms with Gasteiger partial charge in [0.1, 0.15) is 0 Å². The minimum atomic E-state index is 0.359. The first-order valence-electron chi connectivity index (χ1n) is 4.71. The highest BCUT2D eigenvalue weighted by Crippen LogP contribution is 2.37. The van der Waals surface area contributed by atoms with Crippen molar-refractivity contribution in [2.24, 2.45) is 17.8 Å². The van der Waals surface area contributed by atoms with Crippen LogP contribution < -0.4 is 0 Å². The molecular weight excluding hydrogens is 150 g/mol. The van der Waals surface area contributed by atoms with E-state index in [0.717, 1.165) is 6.67 Å². The Hall–Kier alpha value is -0.590. The van der Waals surface area contributed by atoms with Gasteiger partial charge in [-0.2, -0.15) is 5.26 Å². The lowest BCUT2D eigenvalue weighted by molar-refractivity contribution is -0.0913. The highest BCUT2D eigenvalue weighted by atomic mass is 15.4. The van der Waals surface area contributed by atoms with E-state index in [2.05, 4.69) is 15.9 Å². The molecule has 3 heteroatoms. The molecule has 4 heterocycles. The highest BCUT2D eigenvalue weighted by Gasteiger charge is 2.46. The number of nitriles is 1. The normalized spacial score (nSPS) is 55.4. The van der Waals surface area contributed by atoms with Gasteiger partial charge >= 0.3 is 0 Å². The van der Waals surface area contributed by atoms with Crippen molar-refractivity contribution < 1.29 is 0 Å². The molecule has 4 fully saturated rings. The number of rotatable bonds is 0. The zero-order chi connectivity index (χ0) is 8.13. The second-order valence-corrected chi connectivity index (χ2v) is 4.39. The molecule has 0 saturated carbocycles. The van der Waals surface area contributed by atoms with Crippen molar-refractivity contribution in [3.8, 4) is 6.07 Å². The fourth-order valence-electron chi connectivity index (χ4n) is 3.15. The standard InChI is InChI=1S/C9H13N3/c10-1-9-7-2-11-4-8(9)5-12(3-7)6-11/h7-9H,2-6H2. The van der Waals surface area contributed by atoms with Gasteiger partial charge in [-0.15, -0.1) is 0 Å². The topological polar surface area (TPSA) is 30.3 Å². The second-order valence-electron chi connectivity index (χ2n) is 4.39. The smallest absolute Gasteiger partial charge is 0.0663 e. The maximum absolute atomic E-state index is 9.01. The van der Waals surface area contributed by atoms with E-state index >= 15 is 0 Å². The van der Waals surface area contributed by atoms with Gasteiger partial charge in [0.15, 0.2) is 0 Å². The molecule has 0 amide bonds. The summed E-state index contributed by atoms with van der Waals surface area (Å²) in [6.07, 6.45) is 0. The predicted molar refractivity (Wildman–Crippen MR) is 44.1 cm³/mol. The van der Waals surface area contributed by atoms with Gasteiger partial charge in [0.2, 0.25) is 0 Å². The van der Waals surface area contributed by atoms with Crippen molar-refractivity contribution in [2.75, 3.05) is 32.8 Å². The van der Waals surface area contributed by atoms with Crippen LogP contribution in [-0.2, 0) is 0 Å². The molecule has 0 N–H and O–H groups in total. The zero-order valence-electron chi connectivity index (χ0n) is 7.11. The lowest BCUT2D eigenvalue weighted by atomic mass is 9.73. The number of hydrogen-bond acceptors (Lipinski definition) is 3. The zero-order valence-corrected chi connectivity index (χ0v) is 7.11. The van der Waals surface area contributed by atoms with Gasteiger partial charge in [0.05, 0.1) is 18.7 Å². The molecule has 0 atom stereocenters. The van der Waals surface area contributed by atoms with E-state index in [0.29, 0.717) is 17.8 Å². The Balaban J connectivity index is 1.91. The van der Waals surface area contributed by atoms with Crippen LogP contribution in [0.25, 0.3) is 0 Å². The van der Waals surface area contributed by atoms with Crippen molar-refractivity contribution in [1.82, 2.24) is 9.80 Å². The van der Waals surface area contributed by atoms with Crippen LogP contribution in [0.5, 0.6) is 0 Å². The highest BCUT2D eigenvalue weighted by molar-refractivity contribution is 5.05. The van der Waals surface area contributed by atoms with Gasteiger partial charge in [0, 0.05) is 38.0 Å². The third-order valence-corrected chi connectivity index (χ3v) is 3.54. The first-order chi connectivity index (χ1) is 5.86. The molecule has 64 valence electrons. The Morgan fingerprint density at radius 2 is 1.50 bits per heavy atom. The van der Waals surface area contributed by atoms with Crippen LogP contribution in [0.2, 0.25) is 0 Å². The fourth-order valence-corrected chi connectivity index (χ4v) is 3.15. The van der Waals surface area contributed by atoms with Crippen LogP contribution in [0.1, 0.15) is 0 Å². The largest absolute Gasteiger partial charge is 0.290 e. The molecule has 4 aliphatic heterocycles. The molecule has 0 aromatic rings. The second kappa shape index (κ2) is 2.21. The molecule has 4 bridgehead atoms. The summed E-state index contributed by atoms with van der Waals surface area (Å²) in [6, 6.07) is 2.49. The Labute approximate surface area is 72.6 Å². The minimum Gasteiger partial charge on any atom is -0.290 e. The molecule has 4 saturated heterocycles. The van der Waals surface area contributed by atoms with Gasteiger partial charge in [-0.05, 0) is 0 Å². The Kier molecular flexibility index (Phi) is 1.27. The maximum atomic E-state index is 9.01. The SMILES string of the molecule is N#CC1C2CN3CC1CN(C2)C3. The van der Waals surface area contributed by atoms with Gasteiger partial charge in [0.25, 0.3) is 0 Å². The van der Waals surface area contributed by atoms with E-state index in [-0.39, 0.29) is 0 Å². The first kappa shape index (κ1) is 6.88. The van der Waals surface area contributed by atoms with Crippen molar-refractivity contribution in [3.63, 3.8) is 0 Å². The van der Waals surface area contributed by atoms with E-state index in [9.17, 15) is 0 Å². The fraction of sp³-hybridized carbons (Fsp3) is 0.889. The van der Waals surface area contributed by atoms with Crippen LogP contribution in [0.3, 0.4) is 0 Å². The van der Waals surface area contributed by atoms with E-state index in [4.69, 9.17) is 5.26 Å². The van der Waals surface area contributed by atoms with Crippen molar-refractivity contribution in [2.45, 2.75) is 0 Å². The third kappa shape index (κ3) is 0.769. The molecule has 0 spiro atoms. The Bertz CT molecular complexity index is 215. The van der Waals surface area contributed by atoms with E-state index in [1.807, 2.05) is 0 Å². The van der Waals surface area contributed by atoms with Gasteiger partial charge in [-0.1, -0.05) is 0 Å². The molecule has 0 unspecified atom stereocenters. The van der Waals surface area contributed by atoms with Crippen LogP contribution in [0.15, 0.2) is 0 Å². The van der Waals surface area contributed by atoms with Crippen molar-refractivity contribution in [3.05, 3.63) is 0 Å². The molecule has 12 heavy (non-hydrogen) atoms. The number of piperidine rings is 2. The summed E-state index contributed by atoms with van der Waals surface area (Å²) in [7, 11) is 0. The van der Waals surface area contributed by atoms with Gasteiger partial charge < -0.3 is 0 Å². The van der Waals surface area contributed by atoms with E-state index < -0.39 is 0 Å². The summed E-state index contributed by atoms with van der Waals surface area (Å²) in [5.74, 6) is 1.66. The van der Waals surface area contributed by atoms with Crippen molar-refractivity contribution in [1.29, 1.82) is 5.26 Å². The van der Waals surface area contributed by atoms with Crippen LogP contribution in [0, 0.1) is 29.1 Å². The Morgan fingerprint density at radius 3 is 1.92 bits per heavy atom. The molecule has 0 aromatic carbocycles. The van der Waals surface area contributed by atoms with Gasteiger partial charge in [-0.25, -0.2) is 0 Å². The Morgan fingerprint density at radius 1 is 1.00 bits per heavy atom. The summed E-state index contributed by atoms with van der Waals surface area (Å²) < 4.78 is 0. The predicted octanol–water partition coefficient (Wildman–Crippen LogP) is -0.0391. The molecule has 4 aliphatic rings. The summed E-state index contributed by atoms with van der Waals surface area (Å²) in [4.78, 5) is 4.99. The molecule has 0 aromatic heterocycles. The van der Waals surface area contributed by atoms with Gasteiger partial charge in [-0.3, -0.25) is 9.80 Å². The summed E-state index contributed by atoms with van der Waals surface area (Å²) in [5.41, 5.74) is 0. The van der Waals surface area contributed by atoms with Crippen LogP contribution in [-0.4, -0.2) is 42.6 Å². The lowest BCUT2D eigenvalue weighted by Crippen LogP contribution is -2.65. The maximum Gasteiger partial charge on any atom is 0.0663 e. The number of hydrogen-bond donors (Lipinski definition) is 0. The van der Waals surface area contributed by atoms with E-state index in [1.54, 1.807) is 0 Å². The van der Waals surface area contributed by atoms with Crippen LogP contribution >= 0.6 is 0 Å². The summed E-state index contributed by atoms with van der Waals surface area (Å²) >= 11 is 0. The van der Waals surface area contributed by atoms with Crippen molar-refractivity contribution >= 4 is 0 Å². The average Bonchev–Trinajstić information content (AvgIpc) is 2.02. The lowest BCUT2D eigenvalue weighted by Gasteiger charge is -2.55. The third-order valence-electron chi connectivity index (χ3n) is 3.54. The minimum absolute atomic E-state index is 0.359. The average molecular weight is 163 g/mol. The number of nitrogens with zero attached hydrogens (tertiary/aromatic N) is 3. The quantitative estimate of drug-likeness (QED) is 0.502. The van der Waals surface area contributed by atoms with Crippen LogP contribution in [0.4, 0.5) is 0 Å². The molecular formula is C9H13N3. The molecule has 3 nitrogen and oxygen atoms in total. The molecule has 0 aliphatic carbocycles. The summed E-state index contributed by atoms with van der Waals surface area (Å²) in [6.45, 7) is 5.85. The monoisotopic (exact) mass is 163 g/mol. The molecule has 0 radical (unpaired) electrons. The first-order valence-corrected chi connectivity index (χ1v) is 4.71.